The zero-order valence-electron chi connectivity index (χ0n) is 10.1. The highest BCUT2D eigenvalue weighted by Crippen LogP contribution is 2.35. The van der Waals surface area contributed by atoms with Crippen molar-refractivity contribution in [3.8, 4) is 11.5 Å². The number of hydrogen-bond donors (Lipinski definition) is 2. The largest absolute Gasteiger partial charge is 0.493 e. The van der Waals surface area contributed by atoms with Crippen LogP contribution in [0.1, 0.15) is 10.4 Å². The van der Waals surface area contributed by atoms with E-state index in [4.69, 9.17) is 20.9 Å². The Labute approximate surface area is 103 Å². The summed E-state index contributed by atoms with van der Waals surface area (Å²) >= 11 is 0. The van der Waals surface area contributed by atoms with Crippen LogP contribution in [0.2, 0.25) is 0 Å². The summed E-state index contributed by atoms with van der Waals surface area (Å²) in [7, 11) is 3.04. The second-order valence-corrected chi connectivity index (χ2v) is 3.66. The first-order valence-electron chi connectivity index (χ1n) is 5.19. The lowest BCUT2D eigenvalue weighted by molar-refractivity contribution is 0.100. The highest BCUT2D eigenvalue weighted by molar-refractivity contribution is 6.02. The summed E-state index contributed by atoms with van der Waals surface area (Å²) in [6, 6.07) is 5.07. The molecule has 1 heterocycles. The zero-order chi connectivity index (χ0) is 13.3. The minimum atomic E-state index is -0.614. The number of carbonyl (C=O) groups excluding carboxylic acids is 1. The van der Waals surface area contributed by atoms with Gasteiger partial charge >= 0.3 is 0 Å². The molecule has 0 bridgehead atoms. The van der Waals surface area contributed by atoms with Gasteiger partial charge in [0.25, 0.3) is 5.91 Å². The summed E-state index contributed by atoms with van der Waals surface area (Å²) in [5.74, 6) is 0.472. The average Bonchev–Trinajstić information content (AvgIpc) is 2.36. The van der Waals surface area contributed by atoms with Gasteiger partial charge < -0.3 is 20.9 Å². The van der Waals surface area contributed by atoms with E-state index in [9.17, 15) is 4.79 Å². The van der Waals surface area contributed by atoms with Crippen LogP contribution in [-0.4, -0.2) is 25.1 Å². The maximum atomic E-state index is 11.2. The minimum absolute atomic E-state index is 0.0709. The van der Waals surface area contributed by atoms with Gasteiger partial charge in [-0.15, -0.1) is 0 Å². The number of anilines is 1. The third-order valence-electron chi connectivity index (χ3n) is 2.62. The quantitative estimate of drug-likeness (QED) is 0.840. The van der Waals surface area contributed by atoms with Crippen molar-refractivity contribution in [2.24, 2.45) is 5.73 Å². The van der Waals surface area contributed by atoms with E-state index in [1.807, 2.05) is 0 Å². The smallest absolute Gasteiger partial charge is 0.252 e. The van der Waals surface area contributed by atoms with Gasteiger partial charge in [0.1, 0.15) is 11.3 Å². The van der Waals surface area contributed by atoms with Crippen LogP contribution in [0.3, 0.4) is 0 Å². The van der Waals surface area contributed by atoms with Crippen molar-refractivity contribution in [1.82, 2.24) is 4.98 Å². The van der Waals surface area contributed by atoms with Gasteiger partial charge in [-0.1, -0.05) is 0 Å². The minimum Gasteiger partial charge on any atom is -0.493 e. The number of nitrogens with zero attached hydrogens (tertiary/aromatic N) is 1. The molecule has 0 saturated carbocycles. The molecular weight excluding hydrogens is 234 g/mol. The third kappa shape index (κ3) is 1.77. The number of primary amides is 1. The van der Waals surface area contributed by atoms with Gasteiger partial charge in [0.05, 0.1) is 19.8 Å². The van der Waals surface area contributed by atoms with Crippen molar-refractivity contribution in [2.75, 3.05) is 20.0 Å². The molecule has 0 saturated heterocycles. The first kappa shape index (κ1) is 12.0. The van der Waals surface area contributed by atoms with E-state index in [-0.39, 0.29) is 11.4 Å². The molecule has 0 aliphatic rings. The normalized spacial score (nSPS) is 10.3. The number of aromatic nitrogens is 1. The summed E-state index contributed by atoms with van der Waals surface area (Å²) in [5, 5.41) is 0.704. The molecule has 94 valence electrons. The lowest BCUT2D eigenvalue weighted by atomic mass is 10.1. The van der Waals surface area contributed by atoms with Gasteiger partial charge in [0, 0.05) is 5.39 Å². The summed E-state index contributed by atoms with van der Waals surface area (Å²) in [5.41, 5.74) is 11.6. The number of benzene rings is 1. The number of rotatable bonds is 3. The lowest BCUT2D eigenvalue weighted by Gasteiger charge is -2.11. The van der Waals surface area contributed by atoms with Crippen molar-refractivity contribution >= 4 is 22.6 Å². The van der Waals surface area contributed by atoms with Crippen LogP contribution >= 0.6 is 0 Å². The van der Waals surface area contributed by atoms with Crippen molar-refractivity contribution in [2.45, 2.75) is 0 Å². The number of carbonyl (C=O) groups is 1. The summed E-state index contributed by atoms with van der Waals surface area (Å²) in [4.78, 5) is 15.3. The first-order valence-corrected chi connectivity index (χ1v) is 5.19. The molecule has 0 atom stereocenters. The van der Waals surface area contributed by atoms with E-state index in [1.165, 1.54) is 14.2 Å². The maximum absolute atomic E-state index is 11.2. The predicted molar refractivity (Wildman–Crippen MR) is 67.8 cm³/mol. The highest BCUT2D eigenvalue weighted by atomic mass is 16.5. The van der Waals surface area contributed by atoms with Crippen LogP contribution in [0.25, 0.3) is 10.9 Å². The second kappa shape index (κ2) is 4.40. The summed E-state index contributed by atoms with van der Waals surface area (Å²) in [6.45, 7) is 0. The molecule has 0 aliphatic carbocycles. The Bertz CT molecular complexity index is 625. The maximum Gasteiger partial charge on any atom is 0.252 e. The molecule has 0 spiro atoms. The van der Waals surface area contributed by atoms with Crippen molar-refractivity contribution in [3.05, 3.63) is 23.8 Å². The van der Waals surface area contributed by atoms with E-state index in [0.29, 0.717) is 22.4 Å². The Morgan fingerprint density at radius 1 is 1.28 bits per heavy atom. The number of nitrogen functional groups attached to an aromatic ring is 1. The van der Waals surface area contributed by atoms with Crippen LogP contribution in [0.4, 0.5) is 5.82 Å². The molecule has 0 unspecified atom stereocenters. The Morgan fingerprint density at radius 3 is 2.56 bits per heavy atom. The summed E-state index contributed by atoms with van der Waals surface area (Å²) < 4.78 is 10.4. The van der Waals surface area contributed by atoms with Gasteiger partial charge in [-0.3, -0.25) is 4.79 Å². The molecule has 2 aromatic rings. The van der Waals surface area contributed by atoms with Crippen LogP contribution in [-0.2, 0) is 0 Å². The van der Waals surface area contributed by atoms with E-state index in [2.05, 4.69) is 4.98 Å². The fourth-order valence-electron chi connectivity index (χ4n) is 1.77. The number of amides is 1. The Morgan fingerprint density at radius 2 is 2.00 bits per heavy atom. The molecule has 6 nitrogen and oxygen atoms in total. The Kier molecular flexibility index (Phi) is 2.93. The standard InChI is InChI=1S/C12H13N3O3/c1-17-8-4-3-6-5-7(12(14)16)11(13)15-9(6)10(8)18-2/h3-5H,1-2H3,(H2,13,15)(H2,14,16). The average molecular weight is 247 g/mol. The predicted octanol–water partition coefficient (Wildman–Crippen LogP) is 0.933. The van der Waals surface area contributed by atoms with Gasteiger partial charge in [0.2, 0.25) is 0 Å². The van der Waals surface area contributed by atoms with Crippen molar-refractivity contribution in [1.29, 1.82) is 0 Å². The van der Waals surface area contributed by atoms with Crippen LogP contribution < -0.4 is 20.9 Å². The molecule has 18 heavy (non-hydrogen) atoms. The Hall–Kier alpha value is -2.50. The molecule has 4 N–H and O–H groups in total. The van der Waals surface area contributed by atoms with Gasteiger partial charge in [-0.2, -0.15) is 0 Å². The number of fused-ring (bicyclic) bond motifs is 1. The molecule has 0 aliphatic heterocycles. The SMILES string of the molecule is COc1ccc2cc(C(N)=O)c(N)nc2c1OC. The number of methoxy groups -OCH3 is 2. The molecular formula is C12H13N3O3. The van der Waals surface area contributed by atoms with Gasteiger partial charge in [-0.25, -0.2) is 4.98 Å². The van der Waals surface area contributed by atoms with Gasteiger partial charge in [-0.05, 0) is 18.2 Å². The monoisotopic (exact) mass is 247 g/mol. The number of pyridine rings is 1. The van der Waals surface area contributed by atoms with Crippen molar-refractivity contribution < 1.29 is 14.3 Å². The molecule has 0 fully saturated rings. The summed E-state index contributed by atoms with van der Waals surface area (Å²) in [6.07, 6.45) is 0. The van der Waals surface area contributed by atoms with E-state index >= 15 is 0 Å². The van der Waals surface area contributed by atoms with Gasteiger partial charge in [0.15, 0.2) is 11.5 Å². The topological polar surface area (TPSA) is 100 Å². The van der Waals surface area contributed by atoms with Crippen molar-refractivity contribution in [3.63, 3.8) is 0 Å². The van der Waals surface area contributed by atoms with Crippen LogP contribution in [0, 0.1) is 0 Å². The second-order valence-electron chi connectivity index (χ2n) is 3.66. The number of ether oxygens (including phenoxy) is 2. The Balaban J connectivity index is 2.79. The fourth-order valence-corrected chi connectivity index (χ4v) is 1.77. The molecule has 2 rings (SSSR count). The molecule has 1 aromatic heterocycles. The van der Waals surface area contributed by atoms with E-state index in [0.717, 1.165) is 0 Å². The van der Waals surface area contributed by atoms with Crippen LogP contribution in [0.5, 0.6) is 11.5 Å². The lowest BCUT2D eigenvalue weighted by Crippen LogP contribution is -2.14. The fraction of sp³-hybridized carbons (Fsp3) is 0.167. The zero-order valence-corrected chi connectivity index (χ0v) is 10.1. The highest BCUT2D eigenvalue weighted by Gasteiger charge is 2.14. The molecule has 1 aromatic carbocycles. The number of hydrogen-bond acceptors (Lipinski definition) is 5. The van der Waals surface area contributed by atoms with Crippen LogP contribution in [0.15, 0.2) is 18.2 Å². The van der Waals surface area contributed by atoms with E-state index < -0.39 is 5.91 Å². The number of nitrogens with two attached hydrogens (primary N) is 2. The third-order valence-corrected chi connectivity index (χ3v) is 2.62. The molecule has 1 amide bonds. The molecule has 0 radical (unpaired) electrons. The first-order chi connectivity index (χ1) is 8.58. The molecule has 6 heteroatoms. The van der Waals surface area contributed by atoms with E-state index in [1.54, 1.807) is 18.2 Å².